The molecule has 0 saturated carbocycles. The monoisotopic (exact) mass is 310 g/mol. The van der Waals surface area contributed by atoms with Crippen LogP contribution in [0.1, 0.15) is 12.5 Å². The lowest BCUT2D eigenvalue weighted by molar-refractivity contribution is -0.384. The second-order valence-electron chi connectivity index (χ2n) is 5.15. The molecule has 0 unspecified atom stereocenters. The first kappa shape index (κ1) is 14.8. The Morgan fingerprint density at radius 1 is 1.17 bits per heavy atom. The molecule has 0 bridgehead atoms. The third-order valence-corrected chi connectivity index (χ3v) is 3.53. The number of esters is 1. The van der Waals surface area contributed by atoms with Crippen LogP contribution < -0.4 is 4.74 Å². The molecule has 0 aliphatic rings. The number of fused-ring (bicyclic) bond motifs is 1. The van der Waals surface area contributed by atoms with E-state index >= 15 is 0 Å². The number of rotatable bonds is 4. The fourth-order valence-electron chi connectivity index (χ4n) is 2.50. The summed E-state index contributed by atoms with van der Waals surface area (Å²) in [5.74, 6) is 0.165. The van der Waals surface area contributed by atoms with Crippen LogP contribution in [-0.4, -0.2) is 15.5 Å². The summed E-state index contributed by atoms with van der Waals surface area (Å²) in [4.78, 5) is 21.4. The Labute approximate surface area is 132 Å². The SMILES string of the molecule is CC(=O)Oc1cccc2c1ccn2Cc1ccc([N+](=O)[O-])cc1. The largest absolute Gasteiger partial charge is 0.426 e. The van der Waals surface area contributed by atoms with E-state index in [9.17, 15) is 14.9 Å². The highest BCUT2D eigenvalue weighted by atomic mass is 16.6. The van der Waals surface area contributed by atoms with E-state index < -0.39 is 4.92 Å². The van der Waals surface area contributed by atoms with Gasteiger partial charge >= 0.3 is 5.97 Å². The van der Waals surface area contributed by atoms with Crippen LogP contribution in [0.5, 0.6) is 5.75 Å². The van der Waals surface area contributed by atoms with E-state index in [1.165, 1.54) is 19.1 Å². The lowest BCUT2D eigenvalue weighted by atomic mass is 10.2. The average molecular weight is 310 g/mol. The van der Waals surface area contributed by atoms with Crippen molar-refractivity contribution in [1.29, 1.82) is 0 Å². The summed E-state index contributed by atoms with van der Waals surface area (Å²) in [6.07, 6.45) is 1.90. The number of hydrogen-bond donors (Lipinski definition) is 0. The molecule has 116 valence electrons. The summed E-state index contributed by atoms with van der Waals surface area (Å²) in [5, 5.41) is 11.5. The topological polar surface area (TPSA) is 74.4 Å². The summed E-state index contributed by atoms with van der Waals surface area (Å²) in [7, 11) is 0. The van der Waals surface area contributed by atoms with Crippen LogP contribution in [0.15, 0.2) is 54.7 Å². The van der Waals surface area contributed by atoms with E-state index in [1.807, 2.05) is 29.0 Å². The predicted octanol–water partition coefficient (Wildman–Crippen LogP) is 3.52. The quantitative estimate of drug-likeness (QED) is 0.320. The maximum atomic E-state index is 11.2. The maximum Gasteiger partial charge on any atom is 0.308 e. The van der Waals surface area contributed by atoms with Crippen LogP contribution in [-0.2, 0) is 11.3 Å². The van der Waals surface area contributed by atoms with Gasteiger partial charge in [-0.15, -0.1) is 0 Å². The van der Waals surface area contributed by atoms with Gasteiger partial charge in [-0.25, -0.2) is 0 Å². The molecule has 1 aromatic heterocycles. The van der Waals surface area contributed by atoms with E-state index in [-0.39, 0.29) is 11.7 Å². The van der Waals surface area contributed by atoms with Crippen molar-refractivity contribution in [3.05, 3.63) is 70.4 Å². The number of nitro benzene ring substituents is 1. The Kier molecular flexibility index (Phi) is 3.80. The van der Waals surface area contributed by atoms with Crippen LogP contribution >= 0.6 is 0 Å². The van der Waals surface area contributed by atoms with Crippen molar-refractivity contribution in [3.8, 4) is 5.75 Å². The summed E-state index contributed by atoms with van der Waals surface area (Å²) >= 11 is 0. The molecule has 6 heteroatoms. The number of carbonyl (C=O) groups excluding carboxylic acids is 1. The van der Waals surface area contributed by atoms with Crippen molar-refractivity contribution in [2.45, 2.75) is 13.5 Å². The van der Waals surface area contributed by atoms with Gasteiger partial charge in [0.15, 0.2) is 0 Å². The average Bonchev–Trinajstić information content (AvgIpc) is 2.92. The van der Waals surface area contributed by atoms with E-state index in [0.29, 0.717) is 12.3 Å². The first-order valence-corrected chi connectivity index (χ1v) is 7.04. The number of aromatic nitrogens is 1. The second-order valence-corrected chi connectivity index (χ2v) is 5.15. The molecule has 0 radical (unpaired) electrons. The molecule has 0 amide bonds. The highest BCUT2D eigenvalue weighted by molar-refractivity contribution is 5.88. The summed E-state index contributed by atoms with van der Waals surface area (Å²) in [6, 6.07) is 13.9. The number of hydrogen-bond acceptors (Lipinski definition) is 4. The lowest BCUT2D eigenvalue weighted by Crippen LogP contribution is -2.02. The van der Waals surface area contributed by atoms with E-state index in [1.54, 1.807) is 18.2 Å². The fourth-order valence-corrected chi connectivity index (χ4v) is 2.50. The third-order valence-electron chi connectivity index (χ3n) is 3.53. The van der Waals surface area contributed by atoms with Gasteiger partial charge < -0.3 is 9.30 Å². The van der Waals surface area contributed by atoms with Crippen LogP contribution in [0.3, 0.4) is 0 Å². The first-order chi connectivity index (χ1) is 11.0. The van der Waals surface area contributed by atoms with Crippen molar-refractivity contribution >= 4 is 22.6 Å². The molecule has 6 nitrogen and oxygen atoms in total. The zero-order valence-corrected chi connectivity index (χ0v) is 12.4. The smallest absolute Gasteiger partial charge is 0.308 e. The highest BCUT2D eigenvalue weighted by Gasteiger charge is 2.09. The van der Waals surface area contributed by atoms with Crippen molar-refractivity contribution < 1.29 is 14.5 Å². The molecule has 2 aromatic carbocycles. The summed E-state index contributed by atoms with van der Waals surface area (Å²) in [6.45, 7) is 1.94. The van der Waals surface area contributed by atoms with Crippen LogP contribution in [0.4, 0.5) is 5.69 Å². The Hall–Kier alpha value is -3.15. The van der Waals surface area contributed by atoms with E-state index in [0.717, 1.165) is 16.5 Å². The number of ether oxygens (including phenoxy) is 1. The molecular formula is C17H14N2O4. The number of benzene rings is 2. The molecule has 3 aromatic rings. The normalized spacial score (nSPS) is 10.7. The molecule has 0 N–H and O–H groups in total. The molecule has 0 atom stereocenters. The van der Waals surface area contributed by atoms with Gasteiger partial charge in [-0.1, -0.05) is 18.2 Å². The van der Waals surface area contributed by atoms with Crippen LogP contribution in [0.25, 0.3) is 10.9 Å². The first-order valence-electron chi connectivity index (χ1n) is 7.04. The van der Waals surface area contributed by atoms with E-state index in [2.05, 4.69) is 0 Å². The highest BCUT2D eigenvalue weighted by Crippen LogP contribution is 2.27. The molecule has 0 aliphatic carbocycles. The van der Waals surface area contributed by atoms with Gasteiger partial charge in [-0.3, -0.25) is 14.9 Å². The van der Waals surface area contributed by atoms with Crippen LogP contribution in [0, 0.1) is 10.1 Å². The molecule has 0 spiro atoms. The Balaban J connectivity index is 1.91. The van der Waals surface area contributed by atoms with Crippen molar-refractivity contribution in [3.63, 3.8) is 0 Å². The molecule has 3 rings (SSSR count). The van der Waals surface area contributed by atoms with Gasteiger partial charge in [-0.05, 0) is 23.8 Å². The van der Waals surface area contributed by atoms with Gasteiger partial charge in [-0.2, -0.15) is 0 Å². The third kappa shape index (κ3) is 3.06. The van der Waals surface area contributed by atoms with Crippen molar-refractivity contribution in [2.75, 3.05) is 0 Å². The minimum atomic E-state index is -0.416. The Bertz CT molecular complexity index is 881. The van der Waals surface area contributed by atoms with Gasteiger partial charge in [0.05, 0.1) is 10.4 Å². The van der Waals surface area contributed by atoms with E-state index in [4.69, 9.17) is 4.74 Å². The zero-order valence-electron chi connectivity index (χ0n) is 12.4. The molecular weight excluding hydrogens is 296 g/mol. The standard InChI is InChI=1S/C17H14N2O4/c1-12(20)23-17-4-2-3-16-15(17)9-10-18(16)11-13-5-7-14(8-6-13)19(21)22/h2-10H,11H2,1H3. The van der Waals surface area contributed by atoms with Gasteiger partial charge in [0.2, 0.25) is 0 Å². The number of non-ortho nitro benzene ring substituents is 1. The Morgan fingerprint density at radius 3 is 2.57 bits per heavy atom. The number of nitrogens with zero attached hydrogens (tertiary/aromatic N) is 2. The van der Waals surface area contributed by atoms with Gasteiger partial charge in [0, 0.05) is 37.2 Å². The maximum absolute atomic E-state index is 11.2. The molecule has 1 heterocycles. The van der Waals surface area contributed by atoms with Crippen molar-refractivity contribution in [2.24, 2.45) is 0 Å². The number of nitro groups is 1. The Morgan fingerprint density at radius 2 is 1.91 bits per heavy atom. The number of carbonyl (C=O) groups is 1. The lowest BCUT2D eigenvalue weighted by Gasteiger charge is -2.07. The van der Waals surface area contributed by atoms with Gasteiger partial charge in [0.1, 0.15) is 5.75 Å². The van der Waals surface area contributed by atoms with Crippen molar-refractivity contribution in [1.82, 2.24) is 4.57 Å². The second kappa shape index (κ2) is 5.92. The van der Waals surface area contributed by atoms with Gasteiger partial charge in [0.25, 0.3) is 5.69 Å². The molecule has 0 fully saturated rings. The molecule has 23 heavy (non-hydrogen) atoms. The minimum absolute atomic E-state index is 0.0725. The minimum Gasteiger partial charge on any atom is -0.426 e. The summed E-state index contributed by atoms with van der Waals surface area (Å²) < 4.78 is 7.21. The summed E-state index contributed by atoms with van der Waals surface area (Å²) in [5.41, 5.74) is 1.95. The predicted molar refractivity (Wildman–Crippen MR) is 85.4 cm³/mol. The zero-order chi connectivity index (χ0) is 16.4. The fraction of sp³-hybridized carbons (Fsp3) is 0.118. The molecule has 0 saturated heterocycles. The van der Waals surface area contributed by atoms with Crippen LogP contribution in [0.2, 0.25) is 0 Å². The molecule has 0 aliphatic heterocycles.